The first-order valence-electron chi connectivity index (χ1n) is 11.1. The molecule has 2 atom stereocenters. The Balaban J connectivity index is 1.53. The third kappa shape index (κ3) is 3.64. The zero-order valence-electron chi connectivity index (χ0n) is 17.3. The summed E-state index contributed by atoms with van der Waals surface area (Å²) in [6.07, 6.45) is 5.13. The third-order valence-electron chi connectivity index (χ3n) is 6.83. The highest BCUT2D eigenvalue weighted by molar-refractivity contribution is 6.34. The van der Waals surface area contributed by atoms with Crippen molar-refractivity contribution in [1.82, 2.24) is 9.78 Å². The van der Waals surface area contributed by atoms with Crippen LogP contribution in [0.25, 0.3) is 0 Å². The molecule has 0 spiro atoms. The molecule has 2 aromatic rings. The molecule has 0 amide bonds. The number of β-amino-alcohol motifs (C(OH)–C–C–N with tert-alkyl or cyclic N) is 1. The normalized spacial score (nSPS) is 23.5. The van der Waals surface area contributed by atoms with E-state index in [1.807, 2.05) is 17.0 Å². The second kappa shape index (κ2) is 7.95. The van der Waals surface area contributed by atoms with Crippen LogP contribution in [0.1, 0.15) is 65.2 Å². The minimum Gasteiger partial charge on any atom is -0.481 e. The maximum atomic E-state index is 13.7. The first kappa shape index (κ1) is 20.5. The molecule has 2 heterocycles. The maximum Gasteiger partial charge on any atom is 0.309 e. The van der Waals surface area contributed by atoms with Gasteiger partial charge < -0.3 is 15.1 Å². The molecule has 31 heavy (non-hydrogen) atoms. The van der Waals surface area contributed by atoms with Gasteiger partial charge in [0.2, 0.25) is 0 Å². The van der Waals surface area contributed by atoms with E-state index in [1.54, 1.807) is 6.07 Å². The molecule has 2 fully saturated rings. The van der Waals surface area contributed by atoms with Gasteiger partial charge in [0.15, 0.2) is 5.82 Å². The van der Waals surface area contributed by atoms with Crippen molar-refractivity contribution in [2.45, 2.75) is 57.0 Å². The number of aliphatic hydroxyl groups is 1. The van der Waals surface area contributed by atoms with Gasteiger partial charge in [-0.05, 0) is 62.5 Å². The van der Waals surface area contributed by atoms with Crippen molar-refractivity contribution in [2.75, 3.05) is 18.0 Å². The smallest absolute Gasteiger partial charge is 0.309 e. The molecule has 1 aliphatic heterocycles. The van der Waals surface area contributed by atoms with Gasteiger partial charge in [0.25, 0.3) is 5.91 Å². The molecule has 8 heteroatoms. The van der Waals surface area contributed by atoms with Crippen molar-refractivity contribution in [3.8, 4) is 0 Å². The molecule has 1 saturated heterocycles. The van der Waals surface area contributed by atoms with Crippen LogP contribution in [0.15, 0.2) is 18.2 Å². The Bertz CT molecular complexity index is 1050. The van der Waals surface area contributed by atoms with Crippen LogP contribution in [0.4, 0.5) is 5.82 Å². The maximum absolute atomic E-state index is 13.7. The number of aromatic nitrogens is 2. The lowest BCUT2D eigenvalue weighted by Gasteiger charge is -2.34. The molecule has 2 N–H and O–H groups in total. The summed E-state index contributed by atoms with van der Waals surface area (Å²) in [5.41, 5.74) is 3.50. The lowest BCUT2D eigenvalue weighted by Crippen LogP contribution is -2.47. The van der Waals surface area contributed by atoms with E-state index in [0.717, 1.165) is 55.3 Å². The van der Waals surface area contributed by atoms with Gasteiger partial charge in [0.1, 0.15) is 0 Å². The molecule has 0 bridgehead atoms. The first-order valence-corrected chi connectivity index (χ1v) is 11.4. The fourth-order valence-electron chi connectivity index (χ4n) is 5.02. The highest BCUT2D eigenvalue weighted by atomic mass is 35.5. The van der Waals surface area contributed by atoms with Gasteiger partial charge in [0, 0.05) is 18.7 Å². The number of aliphatic hydroxyl groups excluding tert-OH is 1. The molecule has 5 rings (SSSR count). The Morgan fingerprint density at radius 2 is 1.90 bits per heavy atom. The largest absolute Gasteiger partial charge is 0.481 e. The van der Waals surface area contributed by atoms with Crippen molar-refractivity contribution in [3.63, 3.8) is 0 Å². The number of carboxylic acid groups (broad SMARTS) is 1. The van der Waals surface area contributed by atoms with Crippen LogP contribution in [0, 0.1) is 5.92 Å². The van der Waals surface area contributed by atoms with Gasteiger partial charge >= 0.3 is 5.97 Å². The molecule has 7 nitrogen and oxygen atoms in total. The Morgan fingerprint density at radius 1 is 1.13 bits per heavy atom. The van der Waals surface area contributed by atoms with E-state index in [1.165, 1.54) is 4.68 Å². The summed E-state index contributed by atoms with van der Waals surface area (Å²) in [6, 6.07) is 5.63. The van der Waals surface area contributed by atoms with Crippen LogP contribution in [0.5, 0.6) is 0 Å². The number of carboxylic acids is 1. The van der Waals surface area contributed by atoms with Crippen molar-refractivity contribution < 1.29 is 19.8 Å². The molecule has 1 aromatic carbocycles. The number of hydrogen-bond acceptors (Lipinski definition) is 5. The van der Waals surface area contributed by atoms with E-state index in [9.17, 15) is 19.8 Å². The summed E-state index contributed by atoms with van der Waals surface area (Å²) in [4.78, 5) is 27.0. The Hall–Kier alpha value is -2.38. The van der Waals surface area contributed by atoms with Gasteiger partial charge in [-0.3, -0.25) is 9.59 Å². The van der Waals surface area contributed by atoms with Crippen molar-refractivity contribution in [2.24, 2.45) is 5.92 Å². The number of piperidine rings is 1. The lowest BCUT2D eigenvalue weighted by atomic mass is 9.92. The van der Waals surface area contributed by atoms with Crippen LogP contribution in [0.2, 0.25) is 5.02 Å². The Kier molecular flexibility index (Phi) is 5.26. The van der Waals surface area contributed by atoms with Crippen molar-refractivity contribution in [1.29, 1.82) is 0 Å². The lowest BCUT2D eigenvalue weighted by molar-refractivity contribution is -0.146. The SMILES string of the molecule is O=C(O)[C@@H]1CCN(c2nn(C(=O)c3c(Cl)cccc3C3CC3)c3c2CCCC3)C[C@H]1O. The van der Waals surface area contributed by atoms with E-state index >= 15 is 0 Å². The standard InChI is InChI=1S/C23H26ClN3O4/c24-17-6-3-5-14(13-8-9-13)20(17)22(29)27-18-7-2-1-4-15(18)21(25-27)26-11-10-16(23(30)31)19(28)12-26/h3,5-6,13,16,19,28H,1-2,4,7-12H2,(H,30,31)/t16-,19-/m1/s1. The number of hydrogen-bond donors (Lipinski definition) is 2. The van der Waals surface area contributed by atoms with Gasteiger partial charge in [-0.1, -0.05) is 23.7 Å². The van der Waals surface area contributed by atoms with Gasteiger partial charge in [-0.15, -0.1) is 5.10 Å². The van der Waals surface area contributed by atoms with Crippen molar-refractivity contribution >= 4 is 29.3 Å². The highest BCUT2D eigenvalue weighted by Gasteiger charge is 2.37. The number of anilines is 1. The quantitative estimate of drug-likeness (QED) is 0.753. The summed E-state index contributed by atoms with van der Waals surface area (Å²) in [6.45, 7) is 0.694. The van der Waals surface area contributed by atoms with E-state index < -0.39 is 18.0 Å². The fourth-order valence-corrected chi connectivity index (χ4v) is 5.28. The fraction of sp³-hybridized carbons (Fsp3) is 0.522. The molecule has 0 radical (unpaired) electrons. The monoisotopic (exact) mass is 443 g/mol. The number of fused-ring (bicyclic) bond motifs is 1. The second-order valence-electron chi connectivity index (χ2n) is 8.90. The number of halogens is 1. The Morgan fingerprint density at radius 3 is 2.61 bits per heavy atom. The highest BCUT2D eigenvalue weighted by Crippen LogP contribution is 2.43. The summed E-state index contributed by atoms with van der Waals surface area (Å²) < 4.78 is 1.52. The van der Waals surface area contributed by atoms with E-state index in [2.05, 4.69) is 0 Å². The summed E-state index contributed by atoms with van der Waals surface area (Å²) in [5.74, 6) is -0.848. The Labute approximate surface area is 185 Å². The predicted molar refractivity (Wildman–Crippen MR) is 116 cm³/mol. The van der Waals surface area contributed by atoms with Gasteiger partial charge in [-0.2, -0.15) is 4.68 Å². The van der Waals surface area contributed by atoms with Crippen LogP contribution < -0.4 is 4.90 Å². The van der Waals surface area contributed by atoms with E-state index in [4.69, 9.17) is 16.7 Å². The molecule has 3 aliphatic rings. The average Bonchev–Trinajstić information content (AvgIpc) is 3.53. The molecule has 2 aliphatic carbocycles. The first-order chi connectivity index (χ1) is 15.0. The number of nitrogens with zero attached hydrogens (tertiary/aromatic N) is 3. The summed E-state index contributed by atoms with van der Waals surface area (Å²) in [7, 11) is 0. The predicted octanol–water partition coefficient (Wildman–Crippen LogP) is 3.25. The molecule has 0 unspecified atom stereocenters. The zero-order chi connectivity index (χ0) is 21.7. The molecular weight excluding hydrogens is 418 g/mol. The van der Waals surface area contributed by atoms with Gasteiger partial charge in [0.05, 0.1) is 28.3 Å². The molecule has 164 valence electrons. The minimum atomic E-state index is -0.971. The topological polar surface area (TPSA) is 95.7 Å². The zero-order valence-corrected chi connectivity index (χ0v) is 18.0. The van der Waals surface area contributed by atoms with Crippen LogP contribution in [-0.4, -0.2) is 51.1 Å². The third-order valence-corrected chi connectivity index (χ3v) is 7.14. The second-order valence-corrected chi connectivity index (χ2v) is 9.31. The van der Waals surface area contributed by atoms with Crippen LogP contribution in [0.3, 0.4) is 0 Å². The number of carbonyl (C=O) groups is 2. The molecule has 1 aromatic heterocycles. The van der Waals surface area contributed by atoms with Crippen LogP contribution >= 0.6 is 11.6 Å². The summed E-state index contributed by atoms with van der Waals surface area (Å²) >= 11 is 6.49. The molecule has 1 saturated carbocycles. The number of rotatable bonds is 4. The molecular formula is C23H26ClN3O4. The minimum absolute atomic E-state index is 0.196. The number of carbonyl (C=O) groups excluding carboxylic acids is 1. The van der Waals surface area contributed by atoms with Crippen LogP contribution in [-0.2, 0) is 17.6 Å². The van der Waals surface area contributed by atoms with Crippen molar-refractivity contribution in [3.05, 3.63) is 45.6 Å². The summed E-state index contributed by atoms with van der Waals surface area (Å²) in [5, 5.41) is 24.9. The van der Waals surface area contributed by atoms with Gasteiger partial charge in [-0.25, -0.2) is 0 Å². The average molecular weight is 444 g/mol. The number of aliphatic carboxylic acids is 1. The van der Waals surface area contributed by atoms with E-state index in [0.29, 0.717) is 35.3 Å². The number of benzene rings is 1. The van der Waals surface area contributed by atoms with E-state index in [-0.39, 0.29) is 12.5 Å².